The molecule has 1 fully saturated rings. The lowest BCUT2D eigenvalue weighted by Crippen LogP contribution is -2.33. The van der Waals surface area contributed by atoms with Crippen molar-refractivity contribution in [2.75, 3.05) is 26.2 Å². The van der Waals surface area contributed by atoms with Crippen molar-refractivity contribution in [3.63, 3.8) is 0 Å². The molecule has 2 heterocycles. The number of carbonyl (C=O) groups excluding carboxylic acids is 2. The van der Waals surface area contributed by atoms with Gasteiger partial charge in [0.1, 0.15) is 5.76 Å². The second-order valence-electron chi connectivity index (χ2n) is 7.71. The number of benzene rings is 1. The Morgan fingerprint density at radius 1 is 1.17 bits per heavy atom. The summed E-state index contributed by atoms with van der Waals surface area (Å²) in [4.78, 5) is 30.8. The van der Waals surface area contributed by atoms with E-state index in [1.807, 2.05) is 49.6 Å². The van der Waals surface area contributed by atoms with Gasteiger partial charge in [-0.3, -0.25) is 9.59 Å². The predicted molar refractivity (Wildman–Crippen MR) is 122 cm³/mol. The molecule has 1 aromatic carbocycles. The fourth-order valence-corrected chi connectivity index (χ4v) is 4.84. The van der Waals surface area contributed by atoms with Crippen LogP contribution in [0.5, 0.6) is 0 Å². The lowest BCUT2D eigenvalue weighted by Gasteiger charge is -2.26. The summed E-state index contributed by atoms with van der Waals surface area (Å²) in [7, 11) is 0. The Hall–Kier alpha value is -2.44. The fourth-order valence-electron chi connectivity index (χ4n) is 3.99. The Labute approximate surface area is 182 Å². The third-order valence-corrected chi connectivity index (χ3v) is 6.69. The van der Waals surface area contributed by atoms with Gasteiger partial charge in [0.25, 0.3) is 11.7 Å². The van der Waals surface area contributed by atoms with Crippen molar-refractivity contribution in [3.8, 4) is 0 Å². The minimum Gasteiger partial charge on any atom is -0.507 e. The van der Waals surface area contributed by atoms with Gasteiger partial charge in [0.05, 0.1) is 11.6 Å². The fraction of sp³-hybridized carbons (Fsp3) is 0.417. The zero-order valence-corrected chi connectivity index (χ0v) is 19.0. The Morgan fingerprint density at radius 3 is 2.53 bits per heavy atom. The molecule has 1 atom stereocenters. The Balaban J connectivity index is 2.01. The Bertz CT molecular complexity index is 945. The molecule has 0 radical (unpaired) electrons. The first kappa shape index (κ1) is 22.2. The van der Waals surface area contributed by atoms with E-state index in [1.54, 1.807) is 4.90 Å². The number of Topliss-reactive ketones (excluding diaryl/α,β-unsaturated/α-hetero) is 1. The second-order valence-corrected chi connectivity index (χ2v) is 8.69. The maximum absolute atomic E-state index is 13.0. The summed E-state index contributed by atoms with van der Waals surface area (Å²) in [6, 6.07) is 9.05. The molecule has 1 amide bonds. The number of carbonyl (C=O) groups is 2. The third-order valence-electron chi connectivity index (χ3n) is 5.77. The quantitative estimate of drug-likeness (QED) is 0.383. The summed E-state index contributed by atoms with van der Waals surface area (Å²) in [5, 5.41) is 13.1. The van der Waals surface area contributed by atoms with Crippen LogP contribution in [0.25, 0.3) is 5.76 Å². The van der Waals surface area contributed by atoms with Gasteiger partial charge in [0.15, 0.2) is 0 Å². The van der Waals surface area contributed by atoms with Gasteiger partial charge < -0.3 is 14.9 Å². The molecular formula is C24H30N2O3S. The lowest BCUT2D eigenvalue weighted by molar-refractivity contribution is -0.139. The zero-order chi connectivity index (χ0) is 21.8. The average Bonchev–Trinajstić information content (AvgIpc) is 3.35. The monoisotopic (exact) mass is 426 g/mol. The molecule has 1 saturated heterocycles. The van der Waals surface area contributed by atoms with Crippen LogP contribution < -0.4 is 0 Å². The first-order chi connectivity index (χ1) is 14.4. The van der Waals surface area contributed by atoms with E-state index in [0.29, 0.717) is 12.1 Å². The highest BCUT2D eigenvalue weighted by molar-refractivity contribution is 7.10. The largest absolute Gasteiger partial charge is 0.507 e. The van der Waals surface area contributed by atoms with Crippen molar-refractivity contribution in [2.24, 2.45) is 0 Å². The van der Waals surface area contributed by atoms with E-state index in [2.05, 4.69) is 18.7 Å². The number of hydrogen-bond donors (Lipinski definition) is 1. The van der Waals surface area contributed by atoms with Gasteiger partial charge in [-0.25, -0.2) is 0 Å². The second kappa shape index (κ2) is 9.58. The van der Waals surface area contributed by atoms with E-state index in [0.717, 1.165) is 42.1 Å². The van der Waals surface area contributed by atoms with Gasteiger partial charge in [-0.05, 0) is 63.0 Å². The molecule has 1 aliphatic rings. The topological polar surface area (TPSA) is 60.9 Å². The molecule has 0 aliphatic carbocycles. The number of aliphatic hydroxyl groups excluding tert-OH is 1. The van der Waals surface area contributed by atoms with E-state index in [-0.39, 0.29) is 11.3 Å². The number of ketones is 1. The van der Waals surface area contributed by atoms with E-state index in [1.165, 1.54) is 11.3 Å². The number of aryl methyl sites for hydroxylation is 2. The molecule has 160 valence electrons. The first-order valence-electron chi connectivity index (χ1n) is 10.5. The molecule has 3 rings (SSSR count). The molecule has 1 N–H and O–H groups in total. The minimum absolute atomic E-state index is 0.0841. The number of thiophene rings is 1. The predicted octanol–water partition coefficient (Wildman–Crippen LogP) is 4.52. The molecule has 0 unspecified atom stereocenters. The molecule has 1 aromatic heterocycles. The summed E-state index contributed by atoms with van der Waals surface area (Å²) >= 11 is 1.50. The number of rotatable bonds is 8. The Morgan fingerprint density at radius 2 is 1.90 bits per heavy atom. The minimum atomic E-state index is -0.602. The summed E-state index contributed by atoms with van der Waals surface area (Å²) in [5.74, 6) is -1.21. The molecule has 30 heavy (non-hydrogen) atoms. The SMILES string of the molecule is CCN(CC)CCCN1C(=O)C(=O)/C(=C(/O)c2cc(C)ccc2C)[C@H]1c1cccs1. The van der Waals surface area contributed by atoms with Crippen molar-refractivity contribution >= 4 is 28.8 Å². The van der Waals surface area contributed by atoms with Crippen LogP contribution in [0.3, 0.4) is 0 Å². The van der Waals surface area contributed by atoms with Gasteiger partial charge >= 0.3 is 0 Å². The highest BCUT2D eigenvalue weighted by Crippen LogP contribution is 2.41. The maximum atomic E-state index is 13.0. The van der Waals surface area contributed by atoms with Crippen molar-refractivity contribution < 1.29 is 14.7 Å². The average molecular weight is 427 g/mol. The lowest BCUT2D eigenvalue weighted by atomic mass is 9.96. The Kier molecular flexibility index (Phi) is 7.10. The highest BCUT2D eigenvalue weighted by Gasteiger charge is 2.46. The normalized spacial score (nSPS) is 18.6. The van der Waals surface area contributed by atoms with Gasteiger partial charge in [0, 0.05) is 17.0 Å². The molecule has 0 saturated carbocycles. The summed E-state index contributed by atoms with van der Waals surface area (Å²) < 4.78 is 0. The van der Waals surface area contributed by atoms with Crippen molar-refractivity contribution in [2.45, 2.75) is 40.2 Å². The molecular weight excluding hydrogens is 396 g/mol. The van der Waals surface area contributed by atoms with E-state index in [9.17, 15) is 14.7 Å². The van der Waals surface area contributed by atoms with E-state index >= 15 is 0 Å². The number of hydrogen-bond acceptors (Lipinski definition) is 5. The number of amides is 1. The molecule has 5 nitrogen and oxygen atoms in total. The molecule has 0 spiro atoms. The smallest absolute Gasteiger partial charge is 0.295 e. The van der Waals surface area contributed by atoms with Crippen LogP contribution in [-0.2, 0) is 9.59 Å². The number of nitrogens with zero attached hydrogens (tertiary/aromatic N) is 2. The summed E-state index contributed by atoms with van der Waals surface area (Å²) in [6.45, 7) is 11.3. The standard InChI is InChI=1S/C24H30N2O3S/c1-5-25(6-2)12-8-13-26-21(19-9-7-14-30-19)20(23(28)24(26)29)22(27)18-15-16(3)10-11-17(18)4/h7,9-11,14-15,21,27H,5-6,8,12-13H2,1-4H3/b22-20+/t21-/m1/s1. The van der Waals surface area contributed by atoms with E-state index in [4.69, 9.17) is 0 Å². The number of aliphatic hydroxyl groups is 1. The zero-order valence-electron chi connectivity index (χ0n) is 18.1. The first-order valence-corrected chi connectivity index (χ1v) is 11.4. The summed E-state index contributed by atoms with van der Waals surface area (Å²) in [6.07, 6.45) is 0.778. The van der Waals surface area contributed by atoms with Crippen LogP contribution in [-0.4, -0.2) is 52.8 Å². The maximum Gasteiger partial charge on any atom is 0.295 e. The van der Waals surface area contributed by atoms with Gasteiger partial charge in [-0.2, -0.15) is 0 Å². The van der Waals surface area contributed by atoms with E-state index < -0.39 is 17.7 Å². The van der Waals surface area contributed by atoms with Crippen LogP contribution in [0.1, 0.15) is 47.9 Å². The van der Waals surface area contributed by atoms with Gasteiger partial charge in [0.2, 0.25) is 0 Å². The van der Waals surface area contributed by atoms with Crippen LogP contribution in [0.15, 0.2) is 41.3 Å². The molecule has 6 heteroatoms. The van der Waals surface area contributed by atoms with Gasteiger partial charge in [-0.1, -0.05) is 37.6 Å². The molecule has 0 bridgehead atoms. The third kappa shape index (κ3) is 4.35. The van der Waals surface area contributed by atoms with Crippen LogP contribution in [0.4, 0.5) is 0 Å². The molecule has 2 aromatic rings. The molecule has 1 aliphatic heterocycles. The van der Waals surface area contributed by atoms with Crippen LogP contribution >= 0.6 is 11.3 Å². The summed E-state index contributed by atoms with van der Waals surface area (Å²) in [5.41, 5.74) is 2.66. The van der Waals surface area contributed by atoms with Crippen LogP contribution in [0, 0.1) is 13.8 Å². The van der Waals surface area contributed by atoms with Crippen molar-refractivity contribution in [3.05, 3.63) is 62.9 Å². The van der Waals surface area contributed by atoms with Crippen LogP contribution in [0.2, 0.25) is 0 Å². The number of likely N-dealkylation sites (tertiary alicyclic amines) is 1. The van der Waals surface area contributed by atoms with Crippen molar-refractivity contribution in [1.82, 2.24) is 9.80 Å². The van der Waals surface area contributed by atoms with Crippen molar-refractivity contribution in [1.29, 1.82) is 0 Å². The van der Waals surface area contributed by atoms with Gasteiger partial charge in [-0.15, -0.1) is 11.3 Å². The highest BCUT2D eigenvalue weighted by atomic mass is 32.1.